The number of fused-ring (bicyclic) bond motifs is 3. The number of hydrogen-bond donors (Lipinski definition) is 0. The maximum atomic E-state index is 13.7. The van der Waals surface area contributed by atoms with Crippen LogP contribution in [0.1, 0.15) is 29.5 Å². The minimum Gasteiger partial charge on any atom is -0.465 e. The molecule has 4 aromatic rings. The number of nitrogens with zero attached hydrogens (tertiary/aromatic N) is 2. The molecule has 6 nitrogen and oxygen atoms in total. The second-order valence-corrected chi connectivity index (χ2v) is 8.82. The summed E-state index contributed by atoms with van der Waals surface area (Å²) in [5, 5.41) is 0. The maximum absolute atomic E-state index is 13.7. The molecule has 0 bridgehead atoms. The van der Waals surface area contributed by atoms with Gasteiger partial charge in [-0.1, -0.05) is 53.8 Å². The molecule has 1 amide bonds. The fraction of sp³-hybridized carbons (Fsp3) is 0.192. The van der Waals surface area contributed by atoms with Crippen LogP contribution in [-0.4, -0.2) is 23.1 Å². The smallest absolute Gasteiger partial charge is 0.326 e. The van der Waals surface area contributed by atoms with Gasteiger partial charge in [-0.2, -0.15) is 4.99 Å². The molecule has 0 unspecified atom stereocenters. The van der Waals surface area contributed by atoms with Gasteiger partial charge in [-0.15, -0.1) is 0 Å². The van der Waals surface area contributed by atoms with Crippen molar-refractivity contribution in [1.82, 2.24) is 4.57 Å². The third kappa shape index (κ3) is 3.96. The van der Waals surface area contributed by atoms with Crippen molar-refractivity contribution in [3.8, 4) is 11.5 Å². The van der Waals surface area contributed by atoms with Crippen molar-refractivity contribution in [2.24, 2.45) is 4.99 Å². The van der Waals surface area contributed by atoms with Gasteiger partial charge in [0.05, 0.1) is 22.7 Å². The number of ether oxygens (including phenoxy) is 2. The van der Waals surface area contributed by atoms with Crippen LogP contribution >= 0.6 is 11.3 Å². The minimum absolute atomic E-state index is 0.00995. The molecule has 5 rings (SSSR count). The van der Waals surface area contributed by atoms with Gasteiger partial charge in [0.2, 0.25) is 0 Å². The van der Waals surface area contributed by atoms with E-state index in [1.54, 1.807) is 11.5 Å². The SMILES string of the molecule is CCOC(=O)Cn1c(=NC(=O)C2c3ccccc3Oc3ccccc32)sc2cc(C)ccc21. The minimum atomic E-state index is -0.589. The number of thiazole rings is 1. The number of carbonyl (C=O) groups is 2. The van der Waals surface area contributed by atoms with Crippen LogP contribution in [0.25, 0.3) is 10.2 Å². The Morgan fingerprint density at radius 1 is 1.03 bits per heavy atom. The Balaban J connectivity index is 1.65. The number of benzene rings is 3. The zero-order valence-corrected chi connectivity index (χ0v) is 19.1. The summed E-state index contributed by atoms with van der Waals surface area (Å²) in [6.45, 7) is 4.06. The average Bonchev–Trinajstić information content (AvgIpc) is 3.13. The highest BCUT2D eigenvalue weighted by Gasteiger charge is 2.32. The van der Waals surface area contributed by atoms with Crippen LogP contribution in [0.4, 0.5) is 0 Å². The van der Waals surface area contributed by atoms with Crippen molar-refractivity contribution in [3.63, 3.8) is 0 Å². The molecule has 1 aromatic heterocycles. The van der Waals surface area contributed by atoms with E-state index in [1.807, 2.05) is 73.7 Å². The summed E-state index contributed by atoms with van der Waals surface area (Å²) in [5.74, 6) is 0.0360. The van der Waals surface area contributed by atoms with Crippen LogP contribution in [-0.2, 0) is 20.9 Å². The van der Waals surface area contributed by atoms with Crippen molar-refractivity contribution in [2.45, 2.75) is 26.3 Å². The first kappa shape index (κ1) is 21.2. The van der Waals surface area contributed by atoms with Crippen molar-refractivity contribution in [2.75, 3.05) is 6.61 Å². The highest BCUT2D eigenvalue weighted by molar-refractivity contribution is 7.16. The molecule has 0 saturated carbocycles. The van der Waals surface area contributed by atoms with E-state index in [9.17, 15) is 9.59 Å². The molecule has 0 saturated heterocycles. The number of para-hydroxylation sites is 2. The summed E-state index contributed by atoms with van der Waals surface area (Å²) in [7, 11) is 0. The van der Waals surface area contributed by atoms with Gasteiger partial charge in [0.1, 0.15) is 18.0 Å². The van der Waals surface area contributed by atoms with Crippen LogP contribution in [0.2, 0.25) is 0 Å². The second-order valence-electron chi connectivity index (χ2n) is 7.81. The normalized spacial score (nSPS) is 13.3. The lowest BCUT2D eigenvalue weighted by Crippen LogP contribution is -2.25. The Hall–Kier alpha value is -3.71. The highest BCUT2D eigenvalue weighted by atomic mass is 32.1. The highest BCUT2D eigenvalue weighted by Crippen LogP contribution is 2.44. The van der Waals surface area contributed by atoms with Crippen LogP contribution in [0, 0.1) is 6.92 Å². The van der Waals surface area contributed by atoms with Gasteiger partial charge < -0.3 is 14.0 Å². The largest absolute Gasteiger partial charge is 0.465 e. The molecule has 0 fully saturated rings. The molecule has 0 spiro atoms. The van der Waals surface area contributed by atoms with E-state index in [0.29, 0.717) is 22.9 Å². The van der Waals surface area contributed by atoms with E-state index in [2.05, 4.69) is 4.99 Å². The summed E-state index contributed by atoms with van der Waals surface area (Å²) in [5.41, 5.74) is 3.49. The van der Waals surface area contributed by atoms with E-state index in [-0.39, 0.29) is 18.4 Å². The van der Waals surface area contributed by atoms with Crippen LogP contribution in [0.3, 0.4) is 0 Å². The van der Waals surface area contributed by atoms with Crippen LogP contribution < -0.4 is 9.54 Å². The lowest BCUT2D eigenvalue weighted by molar-refractivity contribution is -0.143. The van der Waals surface area contributed by atoms with Gasteiger partial charge in [0.15, 0.2) is 4.80 Å². The third-order valence-electron chi connectivity index (χ3n) is 5.56. The Morgan fingerprint density at radius 2 is 1.70 bits per heavy atom. The van der Waals surface area contributed by atoms with Gasteiger partial charge in [0, 0.05) is 11.1 Å². The quantitative estimate of drug-likeness (QED) is 0.406. The number of aromatic nitrogens is 1. The first-order valence-electron chi connectivity index (χ1n) is 10.7. The van der Waals surface area contributed by atoms with Gasteiger partial charge >= 0.3 is 5.97 Å². The number of rotatable bonds is 4. The monoisotopic (exact) mass is 458 g/mol. The molecule has 166 valence electrons. The number of esters is 1. The molecular formula is C26H22N2O4S. The van der Waals surface area contributed by atoms with E-state index in [1.165, 1.54) is 11.3 Å². The standard InChI is InChI=1S/C26H22N2O4S/c1-3-31-23(29)15-28-19-13-12-16(2)14-22(19)33-26(28)27-25(30)24-17-8-4-6-10-20(17)32-21-11-7-5-9-18(21)24/h4-14,24H,3,15H2,1-2H3. The lowest BCUT2D eigenvalue weighted by Gasteiger charge is -2.25. The van der Waals surface area contributed by atoms with Gasteiger partial charge in [-0.3, -0.25) is 9.59 Å². The van der Waals surface area contributed by atoms with E-state index >= 15 is 0 Å². The van der Waals surface area contributed by atoms with Gasteiger partial charge in [0.25, 0.3) is 5.91 Å². The number of carbonyl (C=O) groups excluding carboxylic acids is 2. The first-order chi connectivity index (χ1) is 16.0. The number of aryl methyl sites for hydroxylation is 1. The topological polar surface area (TPSA) is 69.9 Å². The predicted octanol–water partition coefficient (Wildman–Crippen LogP) is 4.94. The van der Waals surface area contributed by atoms with Crippen LogP contribution in [0.5, 0.6) is 11.5 Å². The summed E-state index contributed by atoms with van der Waals surface area (Å²) < 4.78 is 13.9. The second kappa shape index (κ2) is 8.67. The molecular weight excluding hydrogens is 436 g/mol. The molecule has 1 aliphatic heterocycles. The van der Waals surface area contributed by atoms with Crippen molar-refractivity contribution < 1.29 is 19.1 Å². The van der Waals surface area contributed by atoms with Crippen molar-refractivity contribution in [3.05, 3.63) is 88.2 Å². The maximum Gasteiger partial charge on any atom is 0.326 e. The van der Waals surface area contributed by atoms with Gasteiger partial charge in [-0.25, -0.2) is 0 Å². The average molecular weight is 459 g/mol. The Kier molecular flexibility index (Phi) is 5.56. The van der Waals surface area contributed by atoms with E-state index < -0.39 is 5.92 Å². The first-order valence-corrected chi connectivity index (χ1v) is 11.6. The van der Waals surface area contributed by atoms with E-state index in [0.717, 1.165) is 26.9 Å². The number of amides is 1. The molecule has 2 heterocycles. The predicted molar refractivity (Wildman–Crippen MR) is 127 cm³/mol. The van der Waals surface area contributed by atoms with E-state index in [4.69, 9.17) is 9.47 Å². The Bertz CT molecular complexity index is 1400. The summed E-state index contributed by atoms with van der Waals surface area (Å²) in [4.78, 5) is 31.0. The fourth-order valence-corrected chi connectivity index (χ4v) is 5.22. The summed E-state index contributed by atoms with van der Waals surface area (Å²) >= 11 is 1.39. The molecule has 33 heavy (non-hydrogen) atoms. The van der Waals surface area contributed by atoms with Crippen LogP contribution in [0.15, 0.2) is 71.7 Å². The van der Waals surface area contributed by atoms with Crippen molar-refractivity contribution >= 4 is 33.4 Å². The molecule has 0 N–H and O–H groups in total. The Labute approximate surface area is 194 Å². The number of hydrogen-bond acceptors (Lipinski definition) is 5. The summed E-state index contributed by atoms with van der Waals surface area (Å²) in [6.07, 6.45) is 0. The van der Waals surface area contributed by atoms with Crippen molar-refractivity contribution in [1.29, 1.82) is 0 Å². The molecule has 7 heteroatoms. The van der Waals surface area contributed by atoms with Gasteiger partial charge in [-0.05, 0) is 43.7 Å². The molecule has 0 atom stereocenters. The summed E-state index contributed by atoms with van der Waals surface area (Å²) in [6, 6.07) is 21.0. The zero-order valence-electron chi connectivity index (χ0n) is 18.3. The third-order valence-corrected chi connectivity index (χ3v) is 6.60. The zero-order chi connectivity index (χ0) is 22.9. The lowest BCUT2D eigenvalue weighted by atomic mass is 9.87. The Morgan fingerprint density at radius 3 is 2.36 bits per heavy atom. The fourth-order valence-electron chi connectivity index (χ4n) is 4.09. The molecule has 0 radical (unpaired) electrons. The molecule has 0 aliphatic carbocycles. The molecule has 3 aromatic carbocycles. The molecule has 1 aliphatic rings.